The summed E-state index contributed by atoms with van der Waals surface area (Å²) >= 11 is 0. The molecule has 0 aromatic heterocycles. The Morgan fingerprint density at radius 2 is 2.00 bits per heavy atom. The number of amides is 1. The van der Waals surface area contributed by atoms with Crippen LogP contribution in [0.4, 0.5) is 0 Å². The van der Waals surface area contributed by atoms with Crippen LogP contribution in [0.1, 0.15) is 32.6 Å². The van der Waals surface area contributed by atoms with Crippen molar-refractivity contribution in [1.29, 1.82) is 0 Å². The van der Waals surface area contributed by atoms with Crippen molar-refractivity contribution < 1.29 is 14.3 Å². The number of nitrogens with one attached hydrogen (secondary N) is 1. The van der Waals surface area contributed by atoms with Gasteiger partial charge in [-0.25, -0.2) is 0 Å². The Bertz CT molecular complexity index is 360. The Hall–Kier alpha value is -1.58. The van der Waals surface area contributed by atoms with Crippen molar-refractivity contribution in [2.45, 2.75) is 32.6 Å². The van der Waals surface area contributed by atoms with Crippen molar-refractivity contribution in [3.8, 4) is 0 Å². The number of hydrogen-bond donors (Lipinski definition) is 1. The molecule has 4 heteroatoms. The van der Waals surface area contributed by atoms with Crippen molar-refractivity contribution >= 4 is 11.9 Å². The van der Waals surface area contributed by atoms with Gasteiger partial charge in [-0.2, -0.15) is 0 Å². The van der Waals surface area contributed by atoms with Gasteiger partial charge in [0.05, 0.1) is 13.0 Å². The van der Waals surface area contributed by atoms with Gasteiger partial charge in [-0.05, 0) is 25.7 Å². The topological polar surface area (TPSA) is 55.4 Å². The highest BCUT2D eigenvalue weighted by molar-refractivity contribution is 5.87. The minimum atomic E-state index is -0.150. The fraction of sp³-hybridized carbons (Fsp3) is 0.600. The molecule has 1 aliphatic carbocycles. The molecule has 0 spiro atoms. The summed E-state index contributed by atoms with van der Waals surface area (Å²) in [6.07, 6.45) is 10.9. The third-order valence-corrected chi connectivity index (χ3v) is 3.50. The summed E-state index contributed by atoms with van der Waals surface area (Å²) in [7, 11) is 1.42. The summed E-state index contributed by atoms with van der Waals surface area (Å²) in [4.78, 5) is 23.2. The first-order valence-corrected chi connectivity index (χ1v) is 6.84. The lowest BCUT2D eigenvalue weighted by Gasteiger charge is -2.29. The van der Waals surface area contributed by atoms with E-state index in [-0.39, 0.29) is 23.7 Å². The highest BCUT2D eigenvalue weighted by atomic mass is 16.5. The zero-order chi connectivity index (χ0) is 14.1. The smallest absolute Gasteiger partial charge is 0.309 e. The Morgan fingerprint density at radius 1 is 1.26 bits per heavy atom. The van der Waals surface area contributed by atoms with Crippen molar-refractivity contribution in [3.63, 3.8) is 0 Å². The maximum Gasteiger partial charge on any atom is 0.309 e. The molecule has 0 aliphatic heterocycles. The van der Waals surface area contributed by atoms with Gasteiger partial charge in [0, 0.05) is 12.6 Å². The van der Waals surface area contributed by atoms with Crippen LogP contribution in [0.15, 0.2) is 24.3 Å². The Morgan fingerprint density at radius 3 is 2.68 bits per heavy atom. The van der Waals surface area contributed by atoms with Gasteiger partial charge in [-0.15, -0.1) is 0 Å². The second-order valence-corrected chi connectivity index (χ2v) is 4.80. The molecule has 2 atom stereocenters. The van der Waals surface area contributed by atoms with Gasteiger partial charge in [0.15, 0.2) is 0 Å². The van der Waals surface area contributed by atoms with Crippen LogP contribution >= 0.6 is 0 Å². The van der Waals surface area contributed by atoms with Gasteiger partial charge in [0.25, 0.3) is 0 Å². The van der Waals surface area contributed by atoms with Crippen molar-refractivity contribution in [3.05, 3.63) is 24.3 Å². The summed E-state index contributed by atoms with van der Waals surface area (Å²) in [6, 6.07) is 0. The molecular formula is C15H23NO3. The molecule has 0 radical (unpaired) electrons. The number of hydrogen-bond acceptors (Lipinski definition) is 3. The van der Waals surface area contributed by atoms with Crippen LogP contribution in [-0.4, -0.2) is 25.5 Å². The molecule has 0 aromatic rings. The summed E-state index contributed by atoms with van der Waals surface area (Å²) in [6.45, 7) is 2.43. The van der Waals surface area contributed by atoms with Gasteiger partial charge >= 0.3 is 5.97 Å². The van der Waals surface area contributed by atoms with E-state index in [0.29, 0.717) is 6.54 Å². The van der Waals surface area contributed by atoms with Crippen LogP contribution in [0.3, 0.4) is 0 Å². The predicted octanol–water partition coefficient (Wildman–Crippen LogP) is 2.21. The zero-order valence-corrected chi connectivity index (χ0v) is 11.7. The summed E-state index contributed by atoms with van der Waals surface area (Å²) < 4.78 is 4.83. The molecule has 1 N–H and O–H groups in total. The van der Waals surface area contributed by atoms with Crippen molar-refractivity contribution in [2.75, 3.05) is 13.7 Å². The second-order valence-electron chi connectivity index (χ2n) is 4.80. The first-order valence-electron chi connectivity index (χ1n) is 6.84. The van der Waals surface area contributed by atoms with E-state index < -0.39 is 0 Å². The lowest BCUT2D eigenvalue weighted by atomic mass is 9.79. The number of carbonyl (C=O) groups is 2. The van der Waals surface area contributed by atoms with Crippen LogP contribution in [0.2, 0.25) is 0 Å². The van der Waals surface area contributed by atoms with E-state index in [1.54, 1.807) is 12.2 Å². The maximum absolute atomic E-state index is 11.7. The SMILES string of the molecule is C/C=C/C=C/C(=O)NCC1CCCCC1C(=O)OC. The quantitative estimate of drug-likeness (QED) is 0.471. The van der Waals surface area contributed by atoms with Gasteiger partial charge in [-0.3, -0.25) is 9.59 Å². The van der Waals surface area contributed by atoms with Gasteiger partial charge < -0.3 is 10.1 Å². The number of allylic oxidation sites excluding steroid dienone is 3. The minimum absolute atomic E-state index is 0.0708. The zero-order valence-electron chi connectivity index (χ0n) is 11.7. The summed E-state index contributed by atoms with van der Waals surface area (Å²) in [5.41, 5.74) is 0. The first-order chi connectivity index (χ1) is 9.19. The number of rotatable bonds is 5. The summed E-state index contributed by atoms with van der Waals surface area (Å²) in [5.74, 6) is -0.144. The molecular weight excluding hydrogens is 242 g/mol. The van der Waals surface area contributed by atoms with Crippen LogP contribution in [0.25, 0.3) is 0 Å². The molecule has 0 aromatic carbocycles. The molecule has 0 saturated heterocycles. The van der Waals surface area contributed by atoms with E-state index in [0.717, 1.165) is 25.7 Å². The highest BCUT2D eigenvalue weighted by Gasteiger charge is 2.31. The molecule has 4 nitrogen and oxygen atoms in total. The third-order valence-electron chi connectivity index (χ3n) is 3.50. The molecule has 0 bridgehead atoms. The molecule has 1 saturated carbocycles. The van der Waals surface area contributed by atoms with Crippen molar-refractivity contribution in [2.24, 2.45) is 11.8 Å². The molecule has 2 unspecified atom stereocenters. The molecule has 1 rings (SSSR count). The van der Waals surface area contributed by atoms with Crippen LogP contribution < -0.4 is 5.32 Å². The molecule has 19 heavy (non-hydrogen) atoms. The van der Waals surface area contributed by atoms with E-state index >= 15 is 0 Å². The fourth-order valence-electron chi connectivity index (χ4n) is 2.46. The van der Waals surface area contributed by atoms with E-state index in [1.165, 1.54) is 13.2 Å². The highest BCUT2D eigenvalue weighted by Crippen LogP contribution is 2.30. The lowest BCUT2D eigenvalue weighted by molar-refractivity contribution is -0.148. The summed E-state index contributed by atoms with van der Waals surface area (Å²) in [5, 5.41) is 2.85. The molecule has 1 fully saturated rings. The average molecular weight is 265 g/mol. The Labute approximate surface area is 114 Å². The first kappa shape index (κ1) is 15.5. The van der Waals surface area contributed by atoms with E-state index in [9.17, 15) is 9.59 Å². The van der Waals surface area contributed by atoms with E-state index in [1.807, 2.05) is 13.0 Å². The van der Waals surface area contributed by atoms with Gasteiger partial charge in [0.2, 0.25) is 5.91 Å². The third kappa shape index (κ3) is 5.28. The Balaban J connectivity index is 2.45. The lowest BCUT2D eigenvalue weighted by Crippen LogP contribution is -2.37. The molecule has 0 heterocycles. The van der Waals surface area contributed by atoms with Gasteiger partial charge in [-0.1, -0.05) is 31.1 Å². The predicted molar refractivity (Wildman–Crippen MR) is 74.4 cm³/mol. The van der Waals surface area contributed by atoms with Crippen LogP contribution in [0, 0.1) is 11.8 Å². The van der Waals surface area contributed by atoms with E-state index in [2.05, 4.69) is 5.32 Å². The minimum Gasteiger partial charge on any atom is -0.469 e. The number of carbonyl (C=O) groups excluding carboxylic acids is 2. The fourth-order valence-corrected chi connectivity index (χ4v) is 2.46. The standard InChI is InChI=1S/C15H23NO3/c1-3-4-5-10-14(17)16-11-12-8-6-7-9-13(12)15(18)19-2/h3-5,10,12-13H,6-9,11H2,1-2H3,(H,16,17)/b4-3+,10-5+. The molecule has 106 valence electrons. The monoisotopic (exact) mass is 265 g/mol. The number of methoxy groups -OCH3 is 1. The normalized spacial score (nSPS) is 23.7. The second kappa shape index (κ2) is 8.51. The van der Waals surface area contributed by atoms with Crippen LogP contribution in [-0.2, 0) is 14.3 Å². The van der Waals surface area contributed by atoms with Gasteiger partial charge in [0.1, 0.15) is 0 Å². The molecule has 1 amide bonds. The van der Waals surface area contributed by atoms with Crippen molar-refractivity contribution in [1.82, 2.24) is 5.32 Å². The largest absolute Gasteiger partial charge is 0.469 e. The maximum atomic E-state index is 11.7. The average Bonchev–Trinajstić information content (AvgIpc) is 2.45. The number of ether oxygens (including phenoxy) is 1. The van der Waals surface area contributed by atoms with E-state index in [4.69, 9.17) is 4.74 Å². The van der Waals surface area contributed by atoms with Crippen LogP contribution in [0.5, 0.6) is 0 Å². The molecule has 1 aliphatic rings. The number of esters is 1. The Kier molecular flexibility index (Phi) is 6.93.